The third-order valence-electron chi connectivity index (χ3n) is 5.15. The van der Waals surface area contributed by atoms with Crippen molar-refractivity contribution in [1.82, 2.24) is 10.1 Å². The molecule has 1 saturated heterocycles. The molecule has 5 nitrogen and oxygen atoms in total. The summed E-state index contributed by atoms with van der Waals surface area (Å²) in [7, 11) is 0. The van der Waals surface area contributed by atoms with E-state index in [4.69, 9.17) is 15.0 Å². The van der Waals surface area contributed by atoms with Gasteiger partial charge in [-0.25, -0.2) is 0 Å². The van der Waals surface area contributed by atoms with E-state index in [1.807, 2.05) is 0 Å². The Bertz CT molecular complexity index is 446. The summed E-state index contributed by atoms with van der Waals surface area (Å²) in [5, 5.41) is 4.12. The van der Waals surface area contributed by atoms with Crippen LogP contribution in [0.1, 0.15) is 70.0 Å². The van der Waals surface area contributed by atoms with Gasteiger partial charge in [-0.05, 0) is 50.9 Å². The number of nitrogens with two attached hydrogens (primary N) is 1. The maximum absolute atomic E-state index is 6.52. The monoisotopic (exact) mass is 293 g/mol. The maximum atomic E-state index is 6.52. The van der Waals surface area contributed by atoms with Crippen LogP contribution in [0, 0.1) is 5.92 Å². The van der Waals surface area contributed by atoms with Gasteiger partial charge in [-0.1, -0.05) is 18.5 Å². The van der Waals surface area contributed by atoms with Crippen LogP contribution in [0.2, 0.25) is 0 Å². The normalized spacial score (nSPS) is 34.0. The summed E-state index contributed by atoms with van der Waals surface area (Å²) in [6.45, 7) is 3.11. The van der Waals surface area contributed by atoms with Crippen molar-refractivity contribution in [3.8, 4) is 0 Å². The lowest BCUT2D eigenvalue weighted by Gasteiger charge is -2.33. The third kappa shape index (κ3) is 3.46. The van der Waals surface area contributed by atoms with Gasteiger partial charge in [0.1, 0.15) is 0 Å². The van der Waals surface area contributed by atoms with E-state index < -0.39 is 5.54 Å². The fraction of sp³-hybridized carbons (Fsp3) is 0.875. The lowest BCUT2D eigenvalue weighted by atomic mass is 9.76. The number of ether oxygens (including phenoxy) is 1. The Morgan fingerprint density at radius 1 is 1.24 bits per heavy atom. The van der Waals surface area contributed by atoms with Gasteiger partial charge in [0.2, 0.25) is 5.89 Å². The standard InChI is InChI=1S/C16H27N3O2/c1-2-12-6-8-16(17,9-7-12)15-18-14(19-21-15)11-13-5-3-4-10-20-13/h12-13H,2-11,17H2,1H3. The minimum atomic E-state index is -0.412. The number of hydrogen-bond acceptors (Lipinski definition) is 5. The molecule has 1 aromatic heterocycles. The summed E-state index contributed by atoms with van der Waals surface area (Å²) in [4.78, 5) is 4.57. The van der Waals surface area contributed by atoms with Gasteiger partial charge >= 0.3 is 0 Å². The van der Waals surface area contributed by atoms with Crippen LogP contribution in [0.25, 0.3) is 0 Å². The predicted molar refractivity (Wildman–Crippen MR) is 79.7 cm³/mol. The molecule has 21 heavy (non-hydrogen) atoms. The van der Waals surface area contributed by atoms with E-state index in [9.17, 15) is 0 Å². The second-order valence-corrected chi connectivity index (χ2v) is 6.72. The maximum Gasteiger partial charge on any atom is 0.246 e. The van der Waals surface area contributed by atoms with Crippen LogP contribution in [0.3, 0.4) is 0 Å². The molecule has 1 saturated carbocycles. The molecule has 118 valence electrons. The molecule has 2 aliphatic rings. The second kappa shape index (κ2) is 6.44. The van der Waals surface area contributed by atoms with Crippen LogP contribution < -0.4 is 5.73 Å². The van der Waals surface area contributed by atoms with Crippen LogP contribution in [0.15, 0.2) is 4.52 Å². The third-order valence-corrected chi connectivity index (χ3v) is 5.15. The molecule has 1 aliphatic carbocycles. The molecule has 3 rings (SSSR count). The van der Waals surface area contributed by atoms with Crippen molar-refractivity contribution >= 4 is 0 Å². The molecule has 0 amide bonds. The zero-order valence-corrected chi connectivity index (χ0v) is 13.0. The van der Waals surface area contributed by atoms with E-state index in [1.54, 1.807) is 0 Å². The molecule has 1 aromatic rings. The highest BCUT2D eigenvalue weighted by atomic mass is 16.5. The fourth-order valence-electron chi connectivity index (χ4n) is 3.53. The highest BCUT2D eigenvalue weighted by Gasteiger charge is 2.37. The zero-order chi connectivity index (χ0) is 14.7. The van der Waals surface area contributed by atoms with Gasteiger partial charge in [0, 0.05) is 13.0 Å². The second-order valence-electron chi connectivity index (χ2n) is 6.72. The Labute approximate surface area is 126 Å². The Kier molecular flexibility index (Phi) is 4.60. The Morgan fingerprint density at radius 2 is 2.05 bits per heavy atom. The van der Waals surface area contributed by atoms with Crippen LogP contribution in [0.4, 0.5) is 0 Å². The van der Waals surface area contributed by atoms with Gasteiger partial charge in [0.25, 0.3) is 0 Å². The Morgan fingerprint density at radius 3 is 2.71 bits per heavy atom. The molecule has 0 bridgehead atoms. The first-order chi connectivity index (χ1) is 10.2. The van der Waals surface area contributed by atoms with E-state index in [2.05, 4.69) is 17.1 Å². The van der Waals surface area contributed by atoms with Crippen molar-refractivity contribution in [1.29, 1.82) is 0 Å². The highest BCUT2D eigenvalue weighted by Crippen LogP contribution is 2.37. The summed E-state index contributed by atoms with van der Waals surface area (Å²) in [6.07, 6.45) is 9.95. The zero-order valence-electron chi connectivity index (χ0n) is 13.0. The van der Waals surface area contributed by atoms with Crippen molar-refractivity contribution in [3.63, 3.8) is 0 Å². The van der Waals surface area contributed by atoms with Gasteiger partial charge in [0.15, 0.2) is 5.82 Å². The van der Waals surface area contributed by atoms with Crippen molar-refractivity contribution in [2.75, 3.05) is 6.61 Å². The van der Waals surface area contributed by atoms with Crippen LogP contribution in [-0.4, -0.2) is 22.9 Å². The molecular formula is C16H27N3O2. The van der Waals surface area contributed by atoms with Crippen molar-refractivity contribution in [2.24, 2.45) is 11.7 Å². The molecule has 5 heteroatoms. The largest absolute Gasteiger partial charge is 0.378 e. The van der Waals surface area contributed by atoms with Gasteiger partial charge in [-0.3, -0.25) is 0 Å². The van der Waals surface area contributed by atoms with Gasteiger partial charge in [-0.15, -0.1) is 0 Å². The molecule has 2 heterocycles. The SMILES string of the molecule is CCC1CCC(N)(c2nc(CC3CCCCO3)no2)CC1. The molecule has 0 spiro atoms. The van der Waals surface area contributed by atoms with E-state index >= 15 is 0 Å². The smallest absolute Gasteiger partial charge is 0.246 e. The summed E-state index contributed by atoms with van der Waals surface area (Å²) in [5.74, 6) is 2.18. The quantitative estimate of drug-likeness (QED) is 0.924. The molecule has 1 atom stereocenters. The first-order valence-electron chi connectivity index (χ1n) is 8.43. The van der Waals surface area contributed by atoms with Crippen LogP contribution >= 0.6 is 0 Å². The van der Waals surface area contributed by atoms with E-state index in [0.29, 0.717) is 5.89 Å². The molecule has 1 unspecified atom stereocenters. The van der Waals surface area contributed by atoms with Gasteiger partial charge in [-0.2, -0.15) is 4.98 Å². The van der Waals surface area contributed by atoms with Crippen molar-refractivity contribution in [2.45, 2.75) is 76.4 Å². The van der Waals surface area contributed by atoms with Crippen molar-refractivity contribution < 1.29 is 9.26 Å². The lowest BCUT2D eigenvalue weighted by molar-refractivity contribution is 0.0153. The topological polar surface area (TPSA) is 74.2 Å². The first kappa shape index (κ1) is 15.0. The number of aromatic nitrogens is 2. The molecular weight excluding hydrogens is 266 g/mol. The fourth-order valence-corrected chi connectivity index (χ4v) is 3.53. The van der Waals surface area contributed by atoms with Gasteiger partial charge in [0.05, 0.1) is 11.6 Å². The number of hydrogen-bond donors (Lipinski definition) is 1. The predicted octanol–water partition coefficient (Wildman–Crippen LogP) is 2.94. The summed E-state index contributed by atoms with van der Waals surface area (Å²) in [6, 6.07) is 0. The number of rotatable bonds is 4. The molecule has 0 radical (unpaired) electrons. The summed E-state index contributed by atoms with van der Waals surface area (Å²) in [5.41, 5.74) is 6.10. The summed E-state index contributed by atoms with van der Waals surface area (Å²) < 4.78 is 11.2. The minimum absolute atomic E-state index is 0.244. The highest BCUT2D eigenvalue weighted by molar-refractivity contribution is 5.05. The van der Waals surface area contributed by atoms with E-state index in [-0.39, 0.29) is 6.10 Å². The van der Waals surface area contributed by atoms with Crippen molar-refractivity contribution in [3.05, 3.63) is 11.7 Å². The average Bonchev–Trinajstić information content (AvgIpc) is 2.98. The van der Waals surface area contributed by atoms with Gasteiger partial charge < -0.3 is 15.0 Å². The number of nitrogens with zero attached hydrogens (tertiary/aromatic N) is 2. The molecule has 2 N–H and O–H groups in total. The average molecular weight is 293 g/mol. The lowest BCUT2D eigenvalue weighted by Crippen LogP contribution is -2.40. The first-order valence-corrected chi connectivity index (χ1v) is 8.43. The Balaban J connectivity index is 1.61. The van der Waals surface area contributed by atoms with Crippen LogP contribution in [-0.2, 0) is 16.7 Å². The van der Waals surface area contributed by atoms with E-state index in [0.717, 1.165) is 56.9 Å². The van der Waals surface area contributed by atoms with E-state index in [1.165, 1.54) is 19.3 Å². The molecule has 2 fully saturated rings. The molecule has 0 aromatic carbocycles. The van der Waals surface area contributed by atoms with Crippen LogP contribution in [0.5, 0.6) is 0 Å². The Hall–Kier alpha value is -0.940. The minimum Gasteiger partial charge on any atom is -0.378 e. The summed E-state index contributed by atoms with van der Waals surface area (Å²) >= 11 is 0. The molecule has 1 aliphatic heterocycles.